The van der Waals surface area contributed by atoms with E-state index in [1.807, 2.05) is 0 Å². The van der Waals surface area contributed by atoms with E-state index in [1.54, 1.807) is 0 Å². The second-order valence-corrected chi connectivity index (χ2v) is 6.85. The second kappa shape index (κ2) is 6.01. The predicted molar refractivity (Wildman–Crippen MR) is 71.2 cm³/mol. The number of carboxylic acids is 1. The fourth-order valence-corrected chi connectivity index (χ4v) is 2.88. The van der Waals surface area contributed by atoms with Gasteiger partial charge in [0.1, 0.15) is 0 Å². The van der Waals surface area contributed by atoms with E-state index < -0.39 is 16.0 Å². The number of hydrogen-bond donors (Lipinski definition) is 1. The van der Waals surface area contributed by atoms with E-state index in [2.05, 4.69) is 15.9 Å². The number of sulfonamides is 1. The molecule has 100 valence electrons. The van der Waals surface area contributed by atoms with Gasteiger partial charge in [-0.05, 0) is 34.1 Å². The molecular formula is C10H11BrClNO4S. The number of carbonyl (C=O) groups is 1. The van der Waals surface area contributed by atoms with Crippen LogP contribution < -0.4 is 0 Å². The lowest BCUT2D eigenvalue weighted by Crippen LogP contribution is -2.29. The fraction of sp³-hybridized carbons (Fsp3) is 0.300. The summed E-state index contributed by atoms with van der Waals surface area (Å²) in [6, 6.07) is 4.25. The molecule has 0 aromatic heterocycles. The maximum atomic E-state index is 12.1. The summed E-state index contributed by atoms with van der Waals surface area (Å²) in [5.41, 5.74) is 0. The molecule has 0 amide bonds. The molecule has 0 heterocycles. The van der Waals surface area contributed by atoms with Crippen molar-refractivity contribution >= 4 is 43.5 Å². The minimum absolute atomic E-state index is 0.0311. The molecule has 0 saturated heterocycles. The first-order chi connectivity index (χ1) is 8.25. The van der Waals surface area contributed by atoms with Crippen LogP contribution in [0.2, 0.25) is 5.02 Å². The minimum atomic E-state index is -3.71. The topological polar surface area (TPSA) is 74.7 Å². The van der Waals surface area contributed by atoms with E-state index in [4.69, 9.17) is 16.7 Å². The van der Waals surface area contributed by atoms with Gasteiger partial charge in [0.2, 0.25) is 10.0 Å². The van der Waals surface area contributed by atoms with Gasteiger partial charge < -0.3 is 5.11 Å². The third kappa shape index (κ3) is 3.68. The normalized spacial score (nSPS) is 11.8. The van der Waals surface area contributed by atoms with Crippen molar-refractivity contribution in [3.8, 4) is 0 Å². The Balaban J connectivity index is 2.98. The highest BCUT2D eigenvalue weighted by Crippen LogP contribution is 2.26. The molecule has 0 radical (unpaired) electrons. The standard InChI is InChI=1S/C10H11BrClNO4S/c1-13(5-4-10(14)15)18(16,17)7-2-3-8(11)9(12)6-7/h2-3,6H,4-5H2,1H3,(H,14,15). The van der Waals surface area contributed by atoms with Crippen molar-refractivity contribution in [3.05, 3.63) is 27.7 Å². The summed E-state index contributed by atoms with van der Waals surface area (Å²) in [6.45, 7) is -0.0919. The maximum absolute atomic E-state index is 12.1. The Bertz CT molecular complexity index is 561. The molecule has 0 aliphatic carbocycles. The van der Waals surface area contributed by atoms with Crippen LogP contribution in [0.25, 0.3) is 0 Å². The van der Waals surface area contributed by atoms with Crippen LogP contribution in [0.15, 0.2) is 27.6 Å². The Morgan fingerprint density at radius 3 is 2.61 bits per heavy atom. The number of hydrogen-bond acceptors (Lipinski definition) is 3. The molecule has 0 saturated carbocycles. The molecule has 5 nitrogen and oxygen atoms in total. The van der Waals surface area contributed by atoms with E-state index in [-0.39, 0.29) is 22.9 Å². The van der Waals surface area contributed by atoms with Crippen molar-refractivity contribution in [1.29, 1.82) is 0 Å². The molecule has 0 fully saturated rings. The van der Waals surface area contributed by atoms with Crippen molar-refractivity contribution in [2.75, 3.05) is 13.6 Å². The van der Waals surface area contributed by atoms with E-state index in [0.29, 0.717) is 4.47 Å². The van der Waals surface area contributed by atoms with Crippen molar-refractivity contribution < 1.29 is 18.3 Å². The van der Waals surface area contributed by atoms with Crippen LogP contribution in [0, 0.1) is 0 Å². The van der Waals surface area contributed by atoms with Gasteiger partial charge >= 0.3 is 5.97 Å². The molecule has 1 rings (SSSR count). The van der Waals surface area contributed by atoms with E-state index in [0.717, 1.165) is 4.31 Å². The molecule has 0 aliphatic heterocycles. The lowest BCUT2D eigenvalue weighted by atomic mass is 10.4. The van der Waals surface area contributed by atoms with Gasteiger partial charge in [-0.15, -0.1) is 0 Å². The molecule has 8 heteroatoms. The van der Waals surface area contributed by atoms with Crippen LogP contribution in [0.4, 0.5) is 0 Å². The molecule has 0 atom stereocenters. The number of rotatable bonds is 5. The fourth-order valence-electron chi connectivity index (χ4n) is 1.19. The van der Waals surface area contributed by atoms with E-state index in [9.17, 15) is 13.2 Å². The van der Waals surface area contributed by atoms with Gasteiger partial charge in [-0.1, -0.05) is 11.6 Å². The minimum Gasteiger partial charge on any atom is -0.481 e. The quantitative estimate of drug-likeness (QED) is 0.877. The highest BCUT2D eigenvalue weighted by Gasteiger charge is 2.21. The largest absolute Gasteiger partial charge is 0.481 e. The van der Waals surface area contributed by atoms with Crippen molar-refractivity contribution in [2.45, 2.75) is 11.3 Å². The number of aliphatic carboxylic acids is 1. The number of nitrogens with zero attached hydrogens (tertiary/aromatic N) is 1. The summed E-state index contributed by atoms with van der Waals surface area (Å²) in [7, 11) is -2.38. The maximum Gasteiger partial charge on any atom is 0.304 e. The third-order valence-corrected chi connectivity index (χ3v) is 5.33. The van der Waals surface area contributed by atoms with Crippen molar-refractivity contribution in [3.63, 3.8) is 0 Å². The number of benzene rings is 1. The zero-order valence-electron chi connectivity index (χ0n) is 9.43. The van der Waals surface area contributed by atoms with Crippen molar-refractivity contribution in [1.82, 2.24) is 4.31 Å². The molecule has 0 spiro atoms. The van der Waals surface area contributed by atoms with Gasteiger partial charge in [-0.3, -0.25) is 4.79 Å². The van der Waals surface area contributed by atoms with Crippen molar-refractivity contribution in [2.24, 2.45) is 0 Å². The third-order valence-electron chi connectivity index (χ3n) is 2.24. The van der Waals surface area contributed by atoms with Crippen LogP contribution in [0.5, 0.6) is 0 Å². The van der Waals surface area contributed by atoms with Gasteiger partial charge in [0.15, 0.2) is 0 Å². The Morgan fingerprint density at radius 2 is 2.11 bits per heavy atom. The lowest BCUT2D eigenvalue weighted by Gasteiger charge is -2.16. The summed E-state index contributed by atoms with van der Waals surface area (Å²) in [4.78, 5) is 10.4. The predicted octanol–water partition coefficient (Wildman–Crippen LogP) is 2.20. The average molecular weight is 357 g/mol. The first-order valence-electron chi connectivity index (χ1n) is 4.88. The van der Waals surface area contributed by atoms with E-state index >= 15 is 0 Å². The van der Waals surface area contributed by atoms with Crippen LogP contribution in [0.1, 0.15) is 6.42 Å². The van der Waals surface area contributed by atoms with E-state index in [1.165, 1.54) is 25.2 Å². The number of halogens is 2. The number of carboxylic acid groups (broad SMARTS) is 1. The SMILES string of the molecule is CN(CCC(=O)O)S(=O)(=O)c1ccc(Br)c(Cl)c1. The zero-order chi connectivity index (χ0) is 13.9. The molecule has 1 N–H and O–H groups in total. The van der Waals surface area contributed by atoms with Gasteiger partial charge in [0.05, 0.1) is 16.3 Å². The highest BCUT2D eigenvalue weighted by atomic mass is 79.9. The highest BCUT2D eigenvalue weighted by molar-refractivity contribution is 9.10. The summed E-state index contributed by atoms with van der Waals surface area (Å²) >= 11 is 8.99. The first kappa shape index (κ1) is 15.4. The van der Waals surface area contributed by atoms with Crippen LogP contribution >= 0.6 is 27.5 Å². The summed E-state index contributed by atoms with van der Waals surface area (Å²) < 4.78 is 25.7. The Morgan fingerprint density at radius 1 is 1.50 bits per heavy atom. The Kier molecular flexibility index (Phi) is 5.15. The average Bonchev–Trinajstić information content (AvgIpc) is 2.29. The lowest BCUT2D eigenvalue weighted by molar-refractivity contribution is -0.137. The van der Waals surface area contributed by atoms with Crippen LogP contribution in [-0.4, -0.2) is 37.4 Å². The molecule has 0 aliphatic rings. The monoisotopic (exact) mass is 355 g/mol. The molecule has 1 aromatic carbocycles. The summed E-state index contributed by atoms with van der Waals surface area (Å²) in [6.07, 6.45) is -0.250. The molecule has 1 aromatic rings. The van der Waals surface area contributed by atoms with Crippen LogP contribution in [-0.2, 0) is 14.8 Å². The molecule has 0 bridgehead atoms. The molecule has 18 heavy (non-hydrogen) atoms. The van der Waals surface area contributed by atoms with Crippen LogP contribution in [0.3, 0.4) is 0 Å². The summed E-state index contributed by atoms with van der Waals surface area (Å²) in [5.74, 6) is -1.05. The molecule has 0 unspecified atom stereocenters. The smallest absolute Gasteiger partial charge is 0.304 e. The van der Waals surface area contributed by atoms with Gasteiger partial charge in [-0.2, -0.15) is 0 Å². The zero-order valence-corrected chi connectivity index (χ0v) is 12.6. The Hall–Kier alpha value is -0.630. The second-order valence-electron chi connectivity index (χ2n) is 3.55. The van der Waals surface area contributed by atoms with Gasteiger partial charge in [0.25, 0.3) is 0 Å². The summed E-state index contributed by atoms with van der Waals surface area (Å²) in [5, 5.41) is 8.81. The Labute approximate surface area is 119 Å². The first-order valence-corrected chi connectivity index (χ1v) is 7.49. The van der Waals surface area contributed by atoms with Gasteiger partial charge in [-0.25, -0.2) is 12.7 Å². The van der Waals surface area contributed by atoms with Gasteiger partial charge in [0, 0.05) is 18.1 Å². The molecular weight excluding hydrogens is 346 g/mol.